The van der Waals surface area contributed by atoms with Crippen molar-refractivity contribution < 1.29 is 19.5 Å². The van der Waals surface area contributed by atoms with Gasteiger partial charge in [0.2, 0.25) is 5.91 Å². The van der Waals surface area contributed by atoms with Gasteiger partial charge in [0.05, 0.1) is 0 Å². The molecule has 1 aromatic rings. The summed E-state index contributed by atoms with van der Waals surface area (Å²) in [5, 5.41) is 11.0. The average Bonchev–Trinajstić information content (AvgIpc) is 2.35. The summed E-state index contributed by atoms with van der Waals surface area (Å²) in [6.07, 6.45) is 2.38. The second-order valence-electron chi connectivity index (χ2n) is 4.40. The zero-order valence-corrected chi connectivity index (χ0v) is 11.2. The molecule has 0 aromatic heterocycles. The molecule has 1 rings (SSSR count). The van der Waals surface area contributed by atoms with E-state index in [1.54, 1.807) is 19.1 Å². The quantitative estimate of drug-likeness (QED) is 0.687. The largest absolute Gasteiger partial charge is 0.478 e. The summed E-state index contributed by atoms with van der Waals surface area (Å²) in [5.74, 6) is -2.14. The summed E-state index contributed by atoms with van der Waals surface area (Å²) in [6.45, 7) is 3.27. The highest BCUT2D eigenvalue weighted by Crippen LogP contribution is 2.11. The van der Waals surface area contributed by atoms with E-state index in [0.29, 0.717) is 11.1 Å². The van der Waals surface area contributed by atoms with Crippen molar-refractivity contribution in [2.75, 3.05) is 0 Å². The molecule has 2 amide bonds. The number of nitrogens with one attached hydrogen (secondary N) is 1. The number of carbonyl (C=O) groups excluding carboxylic acids is 2. The van der Waals surface area contributed by atoms with Gasteiger partial charge in [0.15, 0.2) is 0 Å². The van der Waals surface area contributed by atoms with E-state index in [0.717, 1.165) is 11.6 Å². The molecule has 1 atom stereocenters. The van der Waals surface area contributed by atoms with E-state index in [1.165, 1.54) is 19.1 Å². The zero-order chi connectivity index (χ0) is 15.3. The standard InChI is InChI=1S/C14H16N2O4/c1-8-5-10(3-4-12(17)18)7-11(6-8)14(20)16-9(2)13(15)19/h3-7,9H,1-2H3,(H2,15,19)(H,16,20)(H,17,18)/b4-3+. The lowest BCUT2D eigenvalue weighted by Gasteiger charge is -2.11. The number of hydrogen-bond acceptors (Lipinski definition) is 3. The monoisotopic (exact) mass is 276 g/mol. The number of benzene rings is 1. The third kappa shape index (κ3) is 4.56. The summed E-state index contributed by atoms with van der Waals surface area (Å²) in [6, 6.07) is 4.14. The Kier molecular flexibility index (Phi) is 5.02. The summed E-state index contributed by atoms with van der Waals surface area (Å²) < 4.78 is 0. The van der Waals surface area contributed by atoms with Crippen molar-refractivity contribution in [1.82, 2.24) is 5.32 Å². The molecule has 0 radical (unpaired) electrons. The Bertz CT molecular complexity index is 579. The lowest BCUT2D eigenvalue weighted by atomic mass is 10.1. The second-order valence-corrected chi connectivity index (χ2v) is 4.40. The minimum atomic E-state index is -1.07. The Balaban J connectivity index is 2.98. The van der Waals surface area contributed by atoms with Crippen molar-refractivity contribution in [3.63, 3.8) is 0 Å². The molecule has 1 aromatic carbocycles. The molecule has 0 spiro atoms. The van der Waals surface area contributed by atoms with Gasteiger partial charge in [-0.2, -0.15) is 0 Å². The molecular weight excluding hydrogens is 260 g/mol. The summed E-state index contributed by atoms with van der Waals surface area (Å²) in [4.78, 5) is 33.3. The topological polar surface area (TPSA) is 109 Å². The minimum absolute atomic E-state index is 0.336. The van der Waals surface area contributed by atoms with Gasteiger partial charge in [0, 0.05) is 11.6 Å². The van der Waals surface area contributed by atoms with Crippen LogP contribution in [0.4, 0.5) is 0 Å². The first-order valence-electron chi connectivity index (χ1n) is 5.92. The zero-order valence-electron chi connectivity index (χ0n) is 11.2. The van der Waals surface area contributed by atoms with Crippen LogP contribution in [0.25, 0.3) is 6.08 Å². The molecule has 0 bridgehead atoms. The lowest BCUT2D eigenvalue weighted by Crippen LogP contribution is -2.42. The molecule has 106 valence electrons. The van der Waals surface area contributed by atoms with E-state index in [-0.39, 0.29) is 0 Å². The molecule has 0 aliphatic rings. The molecule has 6 nitrogen and oxygen atoms in total. The first kappa shape index (κ1) is 15.4. The van der Waals surface area contributed by atoms with Crippen LogP contribution in [0.1, 0.15) is 28.4 Å². The molecule has 0 aliphatic heterocycles. The Morgan fingerprint density at radius 1 is 1.30 bits per heavy atom. The van der Waals surface area contributed by atoms with Crippen molar-refractivity contribution in [2.24, 2.45) is 5.73 Å². The van der Waals surface area contributed by atoms with Crippen LogP contribution in [-0.4, -0.2) is 28.9 Å². The Morgan fingerprint density at radius 2 is 1.95 bits per heavy atom. The van der Waals surface area contributed by atoms with E-state index in [4.69, 9.17) is 10.8 Å². The van der Waals surface area contributed by atoms with Crippen LogP contribution in [0.3, 0.4) is 0 Å². The Hall–Kier alpha value is -2.63. The predicted octanol–water partition coefficient (Wildman–Crippen LogP) is 0.696. The van der Waals surface area contributed by atoms with Crippen LogP contribution in [-0.2, 0) is 9.59 Å². The maximum Gasteiger partial charge on any atom is 0.328 e. The third-order valence-corrected chi connectivity index (χ3v) is 2.55. The third-order valence-electron chi connectivity index (χ3n) is 2.55. The second kappa shape index (κ2) is 6.51. The smallest absolute Gasteiger partial charge is 0.328 e. The summed E-state index contributed by atoms with van der Waals surface area (Å²) >= 11 is 0. The van der Waals surface area contributed by atoms with E-state index >= 15 is 0 Å². The maximum absolute atomic E-state index is 11.9. The van der Waals surface area contributed by atoms with Gasteiger partial charge in [-0.05, 0) is 43.2 Å². The normalized spacial score (nSPS) is 12.1. The van der Waals surface area contributed by atoms with Gasteiger partial charge in [0.25, 0.3) is 5.91 Å². The van der Waals surface area contributed by atoms with Gasteiger partial charge < -0.3 is 16.2 Å². The molecule has 6 heteroatoms. The molecule has 0 fully saturated rings. The van der Waals surface area contributed by atoms with Gasteiger partial charge in [-0.3, -0.25) is 9.59 Å². The van der Waals surface area contributed by atoms with Crippen molar-refractivity contribution in [3.8, 4) is 0 Å². The lowest BCUT2D eigenvalue weighted by molar-refractivity contribution is -0.131. The van der Waals surface area contributed by atoms with Crippen molar-refractivity contribution in [3.05, 3.63) is 41.0 Å². The highest BCUT2D eigenvalue weighted by Gasteiger charge is 2.14. The number of carboxylic acid groups (broad SMARTS) is 1. The van der Waals surface area contributed by atoms with Gasteiger partial charge >= 0.3 is 5.97 Å². The van der Waals surface area contributed by atoms with Crippen LogP contribution >= 0.6 is 0 Å². The summed E-state index contributed by atoms with van der Waals surface area (Å²) in [7, 11) is 0. The van der Waals surface area contributed by atoms with Crippen LogP contribution in [0, 0.1) is 6.92 Å². The average molecular weight is 276 g/mol. The van der Waals surface area contributed by atoms with E-state index in [1.807, 2.05) is 0 Å². The Morgan fingerprint density at radius 3 is 2.50 bits per heavy atom. The summed E-state index contributed by atoms with van der Waals surface area (Å²) in [5.41, 5.74) is 6.80. The molecule has 20 heavy (non-hydrogen) atoms. The number of aryl methyl sites for hydroxylation is 1. The van der Waals surface area contributed by atoms with Crippen LogP contribution in [0.15, 0.2) is 24.3 Å². The van der Waals surface area contributed by atoms with Gasteiger partial charge in [0.1, 0.15) is 6.04 Å². The molecule has 0 heterocycles. The molecular formula is C14H16N2O4. The number of primary amides is 1. The van der Waals surface area contributed by atoms with Crippen LogP contribution < -0.4 is 11.1 Å². The number of rotatable bonds is 5. The maximum atomic E-state index is 11.9. The van der Waals surface area contributed by atoms with Crippen molar-refractivity contribution in [2.45, 2.75) is 19.9 Å². The number of aliphatic carboxylic acids is 1. The fraction of sp³-hybridized carbons (Fsp3) is 0.214. The first-order valence-corrected chi connectivity index (χ1v) is 5.92. The number of hydrogen-bond donors (Lipinski definition) is 3. The fourth-order valence-electron chi connectivity index (χ4n) is 1.56. The Labute approximate surface area is 116 Å². The molecule has 4 N–H and O–H groups in total. The molecule has 1 unspecified atom stereocenters. The van der Waals surface area contributed by atoms with Crippen LogP contribution in [0.5, 0.6) is 0 Å². The predicted molar refractivity (Wildman–Crippen MR) is 74.0 cm³/mol. The highest BCUT2D eigenvalue weighted by molar-refractivity contribution is 5.98. The van der Waals surface area contributed by atoms with E-state index in [2.05, 4.69) is 5.32 Å². The molecule has 0 saturated heterocycles. The van der Waals surface area contributed by atoms with E-state index in [9.17, 15) is 14.4 Å². The number of carboxylic acids is 1. The van der Waals surface area contributed by atoms with Crippen LogP contribution in [0.2, 0.25) is 0 Å². The molecule has 0 aliphatic carbocycles. The number of carbonyl (C=O) groups is 3. The number of amides is 2. The minimum Gasteiger partial charge on any atom is -0.478 e. The first-order chi connectivity index (χ1) is 9.29. The van der Waals surface area contributed by atoms with Gasteiger partial charge in [-0.15, -0.1) is 0 Å². The fourth-order valence-corrected chi connectivity index (χ4v) is 1.56. The highest BCUT2D eigenvalue weighted by atomic mass is 16.4. The van der Waals surface area contributed by atoms with Crippen molar-refractivity contribution in [1.29, 1.82) is 0 Å². The number of nitrogens with two attached hydrogens (primary N) is 1. The van der Waals surface area contributed by atoms with Gasteiger partial charge in [-0.25, -0.2) is 4.79 Å². The molecule has 0 saturated carbocycles. The van der Waals surface area contributed by atoms with Crippen molar-refractivity contribution >= 4 is 23.9 Å². The SMILES string of the molecule is Cc1cc(/C=C/C(=O)O)cc(C(=O)NC(C)C(N)=O)c1. The van der Waals surface area contributed by atoms with E-state index < -0.39 is 23.8 Å². The van der Waals surface area contributed by atoms with Gasteiger partial charge in [-0.1, -0.05) is 6.07 Å².